The summed E-state index contributed by atoms with van der Waals surface area (Å²) in [5, 5.41) is 8.97. The van der Waals surface area contributed by atoms with Gasteiger partial charge in [0, 0.05) is 23.7 Å². The molecule has 1 aromatic carbocycles. The van der Waals surface area contributed by atoms with Crippen molar-refractivity contribution in [3.63, 3.8) is 0 Å². The van der Waals surface area contributed by atoms with E-state index in [9.17, 15) is 26.3 Å². The van der Waals surface area contributed by atoms with Crippen molar-refractivity contribution >= 4 is 0 Å². The van der Waals surface area contributed by atoms with Gasteiger partial charge >= 0.3 is 12.4 Å². The molecule has 0 radical (unpaired) electrons. The van der Waals surface area contributed by atoms with E-state index in [1.54, 1.807) is 12.1 Å². The molecule has 1 aromatic heterocycles. The Bertz CT molecular complexity index is 1030. The number of hydrogen-bond acceptors (Lipinski definition) is 4. The molecule has 1 saturated heterocycles. The van der Waals surface area contributed by atoms with Crippen LogP contribution in [0.4, 0.5) is 26.3 Å². The van der Waals surface area contributed by atoms with E-state index in [4.69, 9.17) is 10.00 Å². The van der Waals surface area contributed by atoms with E-state index >= 15 is 0 Å². The molecule has 0 unspecified atom stereocenters. The first-order chi connectivity index (χ1) is 16.2. The highest BCUT2D eigenvalue weighted by Gasteiger charge is 2.44. The molecule has 1 aliphatic heterocycles. The third-order valence-electron chi connectivity index (χ3n) is 6.69. The lowest BCUT2D eigenvalue weighted by atomic mass is 9.81. The Morgan fingerprint density at radius 2 is 1.74 bits per heavy atom. The molecule has 4 nitrogen and oxygen atoms in total. The van der Waals surface area contributed by atoms with Crippen LogP contribution >= 0.6 is 0 Å². The van der Waals surface area contributed by atoms with Crippen molar-refractivity contribution in [2.24, 2.45) is 5.41 Å². The first kappa shape index (κ1) is 27.0. The number of ether oxygens (including phenoxy) is 1. The minimum absolute atomic E-state index is 0.0827. The molecular weight excluding hydrogens is 472 g/mol. The standard InChI is InChI=1S/C25H27F6N3O/c1-22(2,20-7-8-21(33-14-20)25(29,30)31)34-12-11-23(15-34,16-35-17-24(26,27)28)10-9-18-3-5-19(13-32)6-4-18/h3-8,14H,9-12,15-17H2,1-2H3/t23-/m1/s1. The molecule has 0 saturated carbocycles. The van der Waals surface area contributed by atoms with Crippen LogP contribution in [0.1, 0.15) is 49.1 Å². The number of alkyl halides is 6. The van der Waals surface area contributed by atoms with E-state index in [0.717, 1.165) is 11.6 Å². The average Bonchev–Trinajstić information content (AvgIpc) is 3.22. The second-order valence-corrected chi connectivity index (χ2v) is 9.58. The van der Waals surface area contributed by atoms with Gasteiger partial charge in [-0.05, 0) is 69.0 Å². The highest BCUT2D eigenvalue weighted by Crippen LogP contribution is 2.42. The maximum absolute atomic E-state index is 12.9. The van der Waals surface area contributed by atoms with Crippen LogP contribution in [-0.2, 0) is 22.9 Å². The molecular formula is C25H27F6N3O. The Labute approximate surface area is 200 Å². The molecule has 0 aliphatic carbocycles. The Kier molecular flexibility index (Phi) is 7.82. The van der Waals surface area contributed by atoms with E-state index in [1.165, 1.54) is 12.3 Å². The molecule has 0 spiro atoms. The normalized spacial score (nSPS) is 19.6. The Morgan fingerprint density at radius 1 is 1.06 bits per heavy atom. The fraction of sp³-hybridized carbons (Fsp3) is 0.520. The smallest absolute Gasteiger partial charge is 0.371 e. The summed E-state index contributed by atoms with van der Waals surface area (Å²) < 4.78 is 82.0. The maximum Gasteiger partial charge on any atom is 0.433 e. The summed E-state index contributed by atoms with van der Waals surface area (Å²) in [6.45, 7) is 3.29. The number of nitriles is 1. The Balaban J connectivity index is 1.76. The SMILES string of the molecule is CC(C)(c1ccc(C(F)(F)F)nc1)N1CC[C@@](CCc2ccc(C#N)cc2)(COCC(F)(F)F)C1. The first-order valence-corrected chi connectivity index (χ1v) is 11.2. The summed E-state index contributed by atoms with van der Waals surface area (Å²) in [4.78, 5) is 5.63. The number of halogens is 6. The molecule has 35 heavy (non-hydrogen) atoms. The zero-order valence-corrected chi connectivity index (χ0v) is 19.5. The van der Waals surface area contributed by atoms with Crippen LogP contribution in [-0.4, -0.2) is 42.4 Å². The first-order valence-electron chi connectivity index (χ1n) is 11.2. The summed E-state index contributed by atoms with van der Waals surface area (Å²) in [6, 6.07) is 11.4. The van der Waals surface area contributed by atoms with Crippen LogP contribution in [0.3, 0.4) is 0 Å². The monoisotopic (exact) mass is 499 g/mol. The van der Waals surface area contributed by atoms with Crippen LogP contribution in [0.5, 0.6) is 0 Å². The number of benzene rings is 1. The second-order valence-electron chi connectivity index (χ2n) is 9.58. The van der Waals surface area contributed by atoms with Crippen LogP contribution in [0, 0.1) is 16.7 Å². The number of hydrogen-bond donors (Lipinski definition) is 0. The molecule has 0 amide bonds. The van der Waals surface area contributed by atoms with Gasteiger partial charge in [0.15, 0.2) is 0 Å². The minimum Gasteiger partial charge on any atom is -0.371 e. The molecule has 2 aromatic rings. The van der Waals surface area contributed by atoms with Gasteiger partial charge in [0.2, 0.25) is 0 Å². The van der Waals surface area contributed by atoms with Crippen LogP contribution in [0.15, 0.2) is 42.6 Å². The van der Waals surface area contributed by atoms with Gasteiger partial charge in [-0.25, -0.2) is 0 Å². The topological polar surface area (TPSA) is 49.2 Å². The van der Waals surface area contributed by atoms with Crippen LogP contribution in [0.25, 0.3) is 0 Å². The van der Waals surface area contributed by atoms with E-state index in [0.29, 0.717) is 43.5 Å². The van der Waals surface area contributed by atoms with E-state index in [1.807, 2.05) is 32.0 Å². The summed E-state index contributed by atoms with van der Waals surface area (Å²) >= 11 is 0. The lowest BCUT2D eigenvalue weighted by molar-refractivity contribution is -0.180. The molecule has 10 heteroatoms. The zero-order valence-electron chi connectivity index (χ0n) is 19.5. The Hall–Kier alpha value is -2.64. The van der Waals surface area contributed by atoms with Crippen LogP contribution in [0.2, 0.25) is 0 Å². The fourth-order valence-corrected chi connectivity index (χ4v) is 4.45. The summed E-state index contributed by atoms with van der Waals surface area (Å²) in [5.74, 6) is 0. The number of nitrogens with zero attached hydrogens (tertiary/aromatic N) is 3. The van der Waals surface area contributed by atoms with Gasteiger partial charge in [-0.3, -0.25) is 9.88 Å². The molecule has 3 rings (SSSR count). The quantitative estimate of drug-likeness (QED) is 0.411. The molecule has 2 heterocycles. The molecule has 0 N–H and O–H groups in total. The summed E-state index contributed by atoms with van der Waals surface area (Å²) in [5.41, 5.74) is -0.146. The largest absolute Gasteiger partial charge is 0.433 e. The van der Waals surface area contributed by atoms with Gasteiger partial charge in [-0.1, -0.05) is 18.2 Å². The zero-order chi connectivity index (χ0) is 25.9. The summed E-state index contributed by atoms with van der Waals surface area (Å²) in [6.07, 6.45) is -6.02. The molecule has 0 bridgehead atoms. The predicted molar refractivity (Wildman–Crippen MR) is 117 cm³/mol. The number of likely N-dealkylation sites (tertiary alicyclic amines) is 1. The maximum atomic E-state index is 12.9. The van der Waals surface area contributed by atoms with Gasteiger partial charge < -0.3 is 4.74 Å². The number of rotatable bonds is 8. The lowest BCUT2D eigenvalue weighted by Crippen LogP contribution is -2.42. The van der Waals surface area contributed by atoms with Crippen molar-refractivity contribution in [1.29, 1.82) is 5.26 Å². The van der Waals surface area contributed by atoms with Crippen molar-refractivity contribution in [3.8, 4) is 6.07 Å². The Morgan fingerprint density at radius 3 is 2.29 bits per heavy atom. The molecule has 1 fully saturated rings. The van der Waals surface area contributed by atoms with Crippen molar-refractivity contribution in [1.82, 2.24) is 9.88 Å². The minimum atomic E-state index is -4.53. The van der Waals surface area contributed by atoms with Crippen LogP contribution < -0.4 is 0 Å². The molecule has 1 atom stereocenters. The van der Waals surface area contributed by atoms with E-state index < -0.39 is 35.6 Å². The van der Waals surface area contributed by atoms with E-state index in [-0.39, 0.29) is 6.61 Å². The highest BCUT2D eigenvalue weighted by molar-refractivity contribution is 5.31. The number of aromatic nitrogens is 1. The molecule has 1 aliphatic rings. The highest BCUT2D eigenvalue weighted by atomic mass is 19.4. The summed E-state index contributed by atoms with van der Waals surface area (Å²) in [7, 11) is 0. The lowest BCUT2D eigenvalue weighted by Gasteiger charge is -2.38. The fourth-order valence-electron chi connectivity index (χ4n) is 4.45. The van der Waals surface area contributed by atoms with Gasteiger partial charge in [-0.15, -0.1) is 0 Å². The van der Waals surface area contributed by atoms with Gasteiger partial charge in [0.05, 0.1) is 18.2 Å². The van der Waals surface area contributed by atoms with Gasteiger partial charge in [0.1, 0.15) is 12.3 Å². The van der Waals surface area contributed by atoms with Crippen molar-refractivity contribution < 1.29 is 31.1 Å². The third-order valence-corrected chi connectivity index (χ3v) is 6.69. The van der Waals surface area contributed by atoms with Gasteiger partial charge in [0.25, 0.3) is 0 Å². The van der Waals surface area contributed by atoms with Crippen molar-refractivity contribution in [2.75, 3.05) is 26.3 Å². The predicted octanol–water partition coefficient (Wildman–Crippen LogP) is 6.11. The van der Waals surface area contributed by atoms with Gasteiger partial charge in [-0.2, -0.15) is 31.6 Å². The van der Waals surface area contributed by atoms with E-state index in [2.05, 4.69) is 9.88 Å². The van der Waals surface area contributed by atoms with Crippen molar-refractivity contribution in [3.05, 3.63) is 65.0 Å². The number of aryl methyl sites for hydroxylation is 1. The third kappa shape index (κ3) is 6.95. The van der Waals surface area contributed by atoms with Crippen molar-refractivity contribution in [2.45, 2.75) is 51.0 Å². The average molecular weight is 499 g/mol. The number of pyridine rings is 1. The molecule has 190 valence electrons. The second kappa shape index (κ2) is 10.2.